The van der Waals surface area contributed by atoms with Crippen molar-refractivity contribution in [3.63, 3.8) is 0 Å². The van der Waals surface area contributed by atoms with E-state index in [2.05, 4.69) is 74.5 Å². The normalized spacial score (nSPS) is 12.5. The number of hydrogen-bond donors (Lipinski definition) is 0. The predicted molar refractivity (Wildman–Crippen MR) is 113 cm³/mol. The molecule has 0 aliphatic carbocycles. The Bertz CT molecular complexity index is 1080. The van der Waals surface area contributed by atoms with E-state index in [-0.39, 0.29) is 5.41 Å². The third kappa shape index (κ3) is 3.56. The van der Waals surface area contributed by atoms with Crippen molar-refractivity contribution in [1.82, 2.24) is 5.16 Å². The van der Waals surface area contributed by atoms with Crippen molar-refractivity contribution in [2.45, 2.75) is 20.8 Å². The molecule has 2 heteroatoms. The van der Waals surface area contributed by atoms with Crippen LogP contribution in [0.5, 0.6) is 0 Å². The zero-order valence-electron chi connectivity index (χ0n) is 15.9. The molecule has 0 aliphatic rings. The highest BCUT2D eigenvalue weighted by molar-refractivity contribution is 5.94. The number of fused-ring (bicyclic) bond motifs is 1. The lowest BCUT2D eigenvalue weighted by Crippen LogP contribution is -2.08. The number of aromatic nitrogens is 1. The van der Waals surface area contributed by atoms with Gasteiger partial charge >= 0.3 is 0 Å². The van der Waals surface area contributed by atoms with Crippen LogP contribution in [0.4, 0.5) is 0 Å². The van der Waals surface area contributed by atoms with Crippen LogP contribution in [0.2, 0.25) is 0 Å². The summed E-state index contributed by atoms with van der Waals surface area (Å²) in [7, 11) is 0. The summed E-state index contributed by atoms with van der Waals surface area (Å²) in [4.78, 5) is 0. The van der Waals surface area contributed by atoms with Gasteiger partial charge < -0.3 is 4.52 Å². The Morgan fingerprint density at radius 2 is 1.52 bits per heavy atom. The summed E-state index contributed by atoms with van der Waals surface area (Å²) >= 11 is 0. The van der Waals surface area contributed by atoms with Crippen molar-refractivity contribution in [2.75, 3.05) is 0 Å². The zero-order chi connectivity index (χ0) is 18.9. The van der Waals surface area contributed by atoms with Crippen LogP contribution in [0.15, 0.2) is 83.4 Å². The van der Waals surface area contributed by atoms with E-state index in [4.69, 9.17) is 4.52 Å². The van der Waals surface area contributed by atoms with Gasteiger partial charge in [-0.15, -0.1) is 0 Å². The molecule has 0 unspecified atom stereocenters. The van der Waals surface area contributed by atoms with Gasteiger partial charge in [-0.25, -0.2) is 0 Å². The molecule has 4 rings (SSSR count). The molecule has 0 radical (unpaired) electrons. The molecule has 0 N–H and O–H groups in total. The number of benzene rings is 3. The van der Waals surface area contributed by atoms with Crippen LogP contribution in [0.3, 0.4) is 0 Å². The number of allylic oxidation sites excluding steroid dienone is 1. The molecule has 0 saturated carbocycles. The second-order valence-electron chi connectivity index (χ2n) is 7.83. The average Bonchev–Trinajstić information content (AvgIpc) is 3.10. The molecule has 0 aliphatic heterocycles. The van der Waals surface area contributed by atoms with E-state index in [1.807, 2.05) is 36.4 Å². The minimum absolute atomic E-state index is 0.0349. The molecule has 0 fully saturated rings. The molecule has 1 aromatic heterocycles. The first kappa shape index (κ1) is 17.3. The van der Waals surface area contributed by atoms with Crippen molar-refractivity contribution in [1.29, 1.82) is 0 Å². The number of rotatable bonds is 3. The number of nitrogens with zero attached hydrogens (tertiary/aromatic N) is 1. The summed E-state index contributed by atoms with van der Waals surface area (Å²) in [5.41, 5.74) is 5.66. The van der Waals surface area contributed by atoms with Gasteiger partial charge in [-0.05, 0) is 34.2 Å². The fourth-order valence-corrected chi connectivity index (χ4v) is 3.36. The molecule has 0 bridgehead atoms. The Hall–Kier alpha value is -3.13. The maximum atomic E-state index is 5.64. The van der Waals surface area contributed by atoms with E-state index >= 15 is 0 Å². The Morgan fingerprint density at radius 1 is 0.852 bits per heavy atom. The number of hydrogen-bond acceptors (Lipinski definition) is 2. The summed E-state index contributed by atoms with van der Waals surface area (Å²) in [6.45, 7) is 6.75. The summed E-state index contributed by atoms with van der Waals surface area (Å²) in [5, 5.41) is 5.26. The van der Waals surface area contributed by atoms with Gasteiger partial charge in [-0.1, -0.05) is 98.7 Å². The molecular weight excluding hydrogens is 330 g/mol. The molecule has 0 amide bonds. The van der Waals surface area contributed by atoms with Crippen LogP contribution in [0, 0.1) is 5.41 Å². The monoisotopic (exact) mass is 353 g/mol. The third-order valence-electron chi connectivity index (χ3n) is 4.74. The van der Waals surface area contributed by atoms with E-state index in [1.165, 1.54) is 11.1 Å². The summed E-state index contributed by atoms with van der Waals surface area (Å²) < 4.78 is 5.64. The van der Waals surface area contributed by atoms with Gasteiger partial charge in [0.2, 0.25) is 0 Å². The highest BCUT2D eigenvalue weighted by Crippen LogP contribution is 2.36. The molecule has 1 heterocycles. The van der Waals surface area contributed by atoms with Gasteiger partial charge in [-0.2, -0.15) is 0 Å². The fourth-order valence-electron chi connectivity index (χ4n) is 3.36. The Balaban J connectivity index is 1.85. The van der Waals surface area contributed by atoms with Crippen LogP contribution in [0.1, 0.15) is 31.9 Å². The van der Waals surface area contributed by atoms with Gasteiger partial charge in [0.25, 0.3) is 0 Å². The highest BCUT2D eigenvalue weighted by Gasteiger charge is 2.19. The second kappa shape index (κ2) is 6.88. The van der Waals surface area contributed by atoms with E-state index in [9.17, 15) is 0 Å². The van der Waals surface area contributed by atoms with Crippen molar-refractivity contribution >= 4 is 22.6 Å². The Kier molecular flexibility index (Phi) is 4.41. The van der Waals surface area contributed by atoms with Crippen LogP contribution in [0.25, 0.3) is 33.9 Å². The highest BCUT2D eigenvalue weighted by atomic mass is 16.5. The lowest BCUT2D eigenvalue weighted by atomic mass is 9.81. The molecule has 0 saturated heterocycles. The first-order valence-corrected chi connectivity index (χ1v) is 9.25. The van der Waals surface area contributed by atoms with E-state index < -0.39 is 0 Å². The summed E-state index contributed by atoms with van der Waals surface area (Å²) in [6, 6.07) is 27.0. The van der Waals surface area contributed by atoms with Crippen LogP contribution < -0.4 is 0 Å². The smallest absolute Gasteiger partial charge is 0.174 e. The predicted octanol–water partition coefficient (Wildman–Crippen LogP) is 7.08. The minimum Gasteiger partial charge on any atom is -0.355 e. The lowest BCUT2D eigenvalue weighted by molar-refractivity contribution is 0.441. The van der Waals surface area contributed by atoms with Crippen LogP contribution in [-0.2, 0) is 0 Å². The maximum absolute atomic E-state index is 5.64. The first-order valence-electron chi connectivity index (χ1n) is 9.25. The van der Waals surface area contributed by atoms with E-state index in [1.54, 1.807) is 0 Å². The van der Waals surface area contributed by atoms with Gasteiger partial charge in [0.1, 0.15) is 5.52 Å². The maximum Gasteiger partial charge on any atom is 0.174 e. The van der Waals surface area contributed by atoms with E-state index in [0.717, 1.165) is 27.8 Å². The van der Waals surface area contributed by atoms with Gasteiger partial charge in [0, 0.05) is 5.56 Å². The van der Waals surface area contributed by atoms with Gasteiger partial charge in [0.15, 0.2) is 5.76 Å². The summed E-state index contributed by atoms with van der Waals surface area (Å²) in [5.74, 6) is 0.817. The van der Waals surface area contributed by atoms with E-state index in [0.29, 0.717) is 0 Å². The molecule has 4 aromatic rings. The van der Waals surface area contributed by atoms with Crippen molar-refractivity contribution in [2.24, 2.45) is 5.41 Å². The molecule has 27 heavy (non-hydrogen) atoms. The molecule has 2 nitrogen and oxygen atoms in total. The fraction of sp³-hybridized carbons (Fsp3) is 0.160. The third-order valence-corrected chi connectivity index (χ3v) is 4.74. The zero-order valence-corrected chi connectivity index (χ0v) is 15.9. The van der Waals surface area contributed by atoms with Gasteiger partial charge in [-0.3, -0.25) is 0 Å². The molecule has 3 aromatic carbocycles. The topological polar surface area (TPSA) is 26.0 Å². The minimum atomic E-state index is 0.0349. The van der Waals surface area contributed by atoms with Crippen molar-refractivity contribution in [3.05, 3.63) is 90.0 Å². The average molecular weight is 353 g/mol. The molecule has 0 spiro atoms. The van der Waals surface area contributed by atoms with Gasteiger partial charge in [0.05, 0.1) is 5.39 Å². The van der Waals surface area contributed by atoms with Crippen LogP contribution in [-0.4, -0.2) is 5.16 Å². The SMILES string of the molecule is CC(C)(C)/C(=C/c1ccc2noc(-c3ccccc3)c2c1)c1ccccc1. The molecule has 0 atom stereocenters. The Labute approximate surface area is 160 Å². The van der Waals surface area contributed by atoms with Crippen molar-refractivity contribution < 1.29 is 4.52 Å². The molecule has 134 valence electrons. The Morgan fingerprint density at radius 3 is 2.19 bits per heavy atom. The summed E-state index contributed by atoms with van der Waals surface area (Å²) in [6.07, 6.45) is 2.27. The molecular formula is C25H23NO. The first-order chi connectivity index (χ1) is 13.0. The lowest BCUT2D eigenvalue weighted by Gasteiger charge is -2.24. The van der Waals surface area contributed by atoms with Crippen molar-refractivity contribution in [3.8, 4) is 11.3 Å². The standard InChI is InChI=1S/C25H23NO/c1-25(2,3)22(19-10-6-4-7-11-19)17-18-14-15-23-21(16-18)24(27-26-23)20-12-8-5-9-13-20/h4-17H,1-3H3/b22-17+. The van der Waals surface area contributed by atoms with Crippen LogP contribution >= 0.6 is 0 Å². The largest absolute Gasteiger partial charge is 0.355 e. The second-order valence-corrected chi connectivity index (χ2v) is 7.83. The quantitative estimate of drug-likeness (QED) is 0.368.